The molecule has 0 unspecified atom stereocenters. The number of amides is 1. The predicted molar refractivity (Wildman–Crippen MR) is 74.3 cm³/mol. The van der Waals surface area contributed by atoms with Gasteiger partial charge >= 0.3 is 0 Å². The van der Waals surface area contributed by atoms with Gasteiger partial charge in [-0.15, -0.1) is 0 Å². The second-order valence-corrected chi connectivity index (χ2v) is 4.39. The van der Waals surface area contributed by atoms with Crippen LogP contribution in [-0.4, -0.2) is 21.8 Å². The van der Waals surface area contributed by atoms with E-state index < -0.39 is 0 Å². The first-order valence-corrected chi connectivity index (χ1v) is 6.40. The highest BCUT2D eigenvalue weighted by Gasteiger charge is 2.06. The fourth-order valence-electron chi connectivity index (χ4n) is 1.61. The Morgan fingerprint density at radius 2 is 2.05 bits per heavy atom. The van der Waals surface area contributed by atoms with E-state index in [-0.39, 0.29) is 17.4 Å². The normalized spacial score (nSPS) is 11.4. The average molecular weight is 264 g/mol. The molecule has 0 radical (unpaired) electrons. The first-order chi connectivity index (χ1) is 9.04. The molecule has 1 amide bonds. The molecule has 1 aromatic carbocycles. The van der Waals surface area contributed by atoms with E-state index in [1.807, 2.05) is 0 Å². The van der Waals surface area contributed by atoms with Crippen LogP contribution in [0.1, 0.15) is 45.1 Å². The van der Waals surface area contributed by atoms with Crippen molar-refractivity contribution in [2.45, 2.75) is 39.5 Å². The number of hydrogen-bond acceptors (Lipinski definition) is 4. The number of phenols is 2. The summed E-state index contributed by atoms with van der Waals surface area (Å²) in [5, 5.41) is 22.9. The topological polar surface area (TPSA) is 81.9 Å². The highest BCUT2D eigenvalue weighted by atomic mass is 16.3. The molecule has 5 nitrogen and oxygen atoms in total. The van der Waals surface area contributed by atoms with E-state index in [9.17, 15) is 15.0 Å². The maximum Gasteiger partial charge on any atom is 0.240 e. The molecule has 3 N–H and O–H groups in total. The second-order valence-electron chi connectivity index (χ2n) is 4.39. The molecule has 0 aromatic heterocycles. The summed E-state index contributed by atoms with van der Waals surface area (Å²) in [4.78, 5) is 11.5. The molecule has 0 aliphatic carbocycles. The number of benzene rings is 1. The highest BCUT2D eigenvalue weighted by molar-refractivity contribution is 6.01. The summed E-state index contributed by atoms with van der Waals surface area (Å²) in [5.41, 5.74) is 3.28. The van der Waals surface area contributed by atoms with Gasteiger partial charge in [-0.25, -0.2) is 5.43 Å². The fraction of sp³-hybridized carbons (Fsp3) is 0.429. The molecule has 0 bridgehead atoms. The molecule has 0 saturated carbocycles. The van der Waals surface area contributed by atoms with Gasteiger partial charge in [-0.2, -0.15) is 5.10 Å². The minimum absolute atomic E-state index is 0.0132. The summed E-state index contributed by atoms with van der Waals surface area (Å²) in [6.45, 7) is 3.73. The maximum atomic E-state index is 11.5. The quantitative estimate of drug-likeness (QED) is 0.319. The van der Waals surface area contributed by atoms with Crippen molar-refractivity contribution in [3.63, 3.8) is 0 Å². The number of aromatic hydroxyl groups is 2. The summed E-state index contributed by atoms with van der Waals surface area (Å²) < 4.78 is 0. The van der Waals surface area contributed by atoms with Crippen molar-refractivity contribution in [2.24, 2.45) is 5.10 Å². The number of unbranched alkanes of at least 4 members (excludes halogenated alkanes) is 2. The molecular formula is C14H20N2O3. The number of nitrogens with zero attached hydrogens (tertiary/aromatic N) is 1. The second kappa shape index (κ2) is 7.41. The number of carbonyl (C=O) groups excluding carboxylic acids is 1. The van der Waals surface area contributed by atoms with Crippen LogP contribution >= 0.6 is 0 Å². The summed E-state index contributed by atoms with van der Waals surface area (Å²) in [7, 11) is 0. The van der Waals surface area contributed by atoms with Crippen LogP contribution in [0.5, 0.6) is 11.5 Å². The molecule has 1 rings (SSSR count). The highest BCUT2D eigenvalue weighted by Crippen LogP contribution is 2.22. The Balaban J connectivity index is 2.61. The Morgan fingerprint density at radius 1 is 1.32 bits per heavy atom. The first kappa shape index (κ1) is 15.0. The smallest absolute Gasteiger partial charge is 0.240 e. The minimum Gasteiger partial charge on any atom is -0.508 e. The number of carbonyl (C=O) groups is 1. The average Bonchev–Trinajstić information content (AvgIpc) is 2.39. The third-order valence-electron chi connectivity index (χ3n) is 2.73. The molecular weight excluding hydrogens is 244 g/mol. The molecule has 1 aromatic rings. The van der Waals surface area contributed by atoms with Crippen molar-refractivity contribution < 1.29 is 15.0 Å². The van der Waals surface area contributed by atoms with Crippen LogP contribution in [0.2, 0.25) is 0 Å². The van der Waals surface area contributed by atoms with Crippen LogP contribution < -0.4 is 5.43 Å². The summed E-state index contributed by atoms with van der Waals surface area (Å²) in [6.07, 6.45) is 3.36. The van der Waals surface area contributed by atoms with Crippen LogP contribution in [0, 0.1) is 0 Å². The van der Waals surface area contributed by atoms with Crippen LogP contribution in [-0.2, 0) is 4.79 Å². The van der Waals surface area contributed by atoms with Gasteiger partial charge in [0.05, 0.1) is 5.71 Å². The van der Waals surface area contributed by atoms with E-state index in [0.29, 0.717) is 17.7 Å². The number of hydrogen-bond donors (Lipinski definition) is 3. The lowest BCUT2D eigenvalue weighted by Gasteiger charge is -2.05. The van der Waals surface area contributed by atoms with Gasteiger partial charge in [-0.05, 0) is 31.5 Å². The van der Waals surface area contributed by atoms with Gasteiger partial charge in [0.2, 0.25) is 5.91 Å². The van der Waals surface area contributed by atoms with Gasteiger partial charge < -0.3 is 10.2 Å². The summed E-state index contributed by atoms with van der Waals surface area (Å²) >= 11 is 0. The Kier molecular flexibility index (Phi) is 5.85. The Hall–Kier alpha value is -2.04. The molecule has 0 heterocycles. The summed E-state index contributed by atoms with van der Waals surface area (Å²) in [6, 6.07) is 4.17. The van der Waals surface area contributed by atoms with Crippen molar-refractivity contribution in [2.75, 3.05) is 0 Å². The molecule has 0 fully saturated rings. The maximum absolute atomic E-state index is 11.5. The minimum atomic E-state index is -0.146. The number of phenolic OH excluding ortho intramolecular Hbond substituents is 2. The molecule has 19 heavy (non-hydrogen) atoms. The zero-order valence-corrected chi connectivity index (χ0v) is 11.3. The molecule has 104 valence electrons. The van der Waals surface area contributed by atoms with Gasteiger partial charge in [0, 0.05) is 12.0 Å². The standard InChI is InChI=1S/C14H20N2O3/c1-3-4-5-6-14(19)16-15-10(2)12-9-11(17)7-8-13(12)18/h7-9,17-18H,3-6H2,1-2H3,(H,16,19)/b15-10-. The van der Waals surface area contributed by atoms with E-state index in [1.54, 1.807) is 6.92 Å². The molecule has 0 atom stereocenters. The number of rotatable bonds is 6. The fourth-order valence-corrected chi connectivity index (χ4v) is 1.61. The van der Waals surface area contributed by atoms with Crippen molar-refractivity contribution in [1.29, 1.82) is 0 Å². The van der Waals surface area contributed by atoms with Crippen LogP contribution in [0.15, 0.2) is 23.3 Å². The zero-order valence-electron chi connectivity index (χ0n) is 11.3. The monoisotopic (exact) mass is 264 g/mol. The number of nitrogens with one attached hydrogen (secondary N) is 1. The van der Waals surface area contributed by atoms with Crippen molar-refractivity contribution in [1.82, 2.24) is 5.43 Å². The predicted octanol–water partition coefficient (Wildman–Crippen LogP) is 2.52. The van der Waals surface area contributed by atoms with E-state index >= 15 is 0 Å². The van der Waals surface area contributed by atoms with Gasteiger partial charge in [0.1, 0.15) is 11.5 Å². The zero-order chi connectivity index (χ0) is 14.3. The third-order valence-corrected chi connectivity index (χ3v) is 2.73. The van der Waals surface area contributed by atoms with E-state index in [0.717, 1.165) is 19.3 Å². The molecule has 0 aliphatic rings. The molecule has 5 heteroatoms. The van der Waals surface area contributed by atoms with Gasteiger partial charge in [0.15, 0.2) is 0 Å². The van der Waals surface area contributed by atoms with Crippen LogP contribution in [0.3, 0.4) is 0 Å². The Labute approximate surface area is 113 Å². The SMILES string of the molecule is CCCCCC(=O)N/N=C(/C)c1cc(O)ccc1O. The lowest BCUT2D eigenvalue weighted by atomic mass is 10.1. The van der Waals surface area contributed by atoms with Crippen LogP contribution in [0.25, 0.3) is 0 Å². The lowest BCUT2D eigenvalue weighted by molar-refractivity contribution is -0.121. The first-order valence-electron chi connectivity index (χ1n) is 6.40. The third kappa shape index (κ3) is 4.99. The number of hydrazone groups is 1. The molecule has 0 saturated heterocycles. The largest absolute Gasteiger partial charge is 0.508 e. The van der Waals surface area contributed by atoms with E-state index in [2.05, 4.69) is 17.5 Å². The van der Waals surface area contributed by atoms with Gasteiger partial charge in [-0.1, -0.05) is 19.8 Å². The van der Waals surface area contributed by atoms with Gasteiger partial charge in [0.25, 0.3) is 0 Å². The Bertz CT molecular complexity index is 470. The van der Waals surface area contributed by atoms with Crippen molar-refractivity contribution >= 4 is 11.6 Å². The molecule has 0 aliphatic heterocycles. The molecule has 0 spiro atoms. The van der Waals surface area contributed by atoms with Crippen LogP contribution in [0.4, 0.5) is 0 Å². The Morgan fingerprint density at radius 3 is 2.74 bits per heavy atom. The summed E-state index contributed by atoms with van der Waals surface area (Å²) in [5.74, 6) is -0.0941. The van der Waals surface area contributed by atoms with Crippen molar-refractivity contribution in [3.8, 4) is 11.5 Å². The van der Waals surface area contributed by atoms with E-state index in [4.69, 9.17) is 0 Å². The van der Waals surface area contributed by atoms with Gasteiger partial charge in [-0.3, -0.25) is 4.79 Å². The van der Waals surface area contributed by atoms with Crippen molar-refractivity contribution in [3.05, 3.63) is 23.8 Å². The lowest BCUT2D eigenvalue weighted by Crippen LogP contribution is -2.18. The van der Waals surface area contributed by atoms with E-state index in [1.165, 1.54) is 18.2 Å².